The van der Waals surface area contributed by atoms with Gasteiger partial charge in [0.25, 0.3) is 5.91 Å². The van der Waals surface area contributed by atoms with Crippen LogP contribution in [0.4, 0.5) is 28.9 Å². The molecule has 0 spiro atoms. The van der Waals surface area contributed by atoms with Gasteiger partial charge in [-0.1, -0.05) is 0 Å². The number of nitrogens with two attached hydrogens (primary N) is 1. The van der Waals surface area contributed by atoms with Crippen LogP contribution < -0.4 is 11.1 Å². The summed E-state index contributed by atoms with van der Waals surface area (Å²) in [6.07, 6.45) is 0. The Kier molecular flexibility index (Phi) is 3.60. The van der Waals surface area contributed by atoms with Crippen LogP contribution in [0, 0.1) is 23.3 Å². The Bertz CT molecular complexity index is 665. The number of hydrogen-bond donors (Lipinski definition) is 2. The maximum absolute atomic E-state index is 13.2. The van der Waals surface area contributed by atoms with Crippen molar-refractivity contribution in [1.82, 2.24) is 0 Å². The molecule has 0 aliphatic carbocycles. The van der Waals surface area contributed by atoms with Gasteiger partial charge in [0.1, 0.15) is 5.82 Å². The maximum atomic E-state index is 13.2. The van der Waals surface area contributed by atoms with Crippen molar-refractivity contribution in [2.45, 2.75) is 0 Å². The van der Waals surface area contributed by atoms with Crippen molar-refractivity contribution in [2.24, 2.45) is 0 Å². The monoisotopic (exact) mass is 284 g/mol. The minimum Gasteiger partial charge on any atom is -0.396 e. The first-order chi connectivity index (χ1) is 9.38. The van der Waals surface area contributed by atoms with E-state index in [0.29, 0.717) is 12.1 Å². The smallest absolute Gasteiger partial charge is 0.255 e. The van der Waals surface area contributed by atoms with E-state index in [1.807, 2.05) is 0 Å². The highest BCUT2D eigenvalue weighted by Gasteiger charge is 2.15. The second-order valence-electron chi connectivity index (χ2n) is 3.94. The Morgan fingerprint density at radius 1 is 0.950 bits per heavy atom. The van der Waals surface area contributed by atoms with Crippen LogP contribution in [-0.4, -0.2) is 5.91 Å². The minimum atomic E-state index is -1.67. The summed E-state index contributed by atoms with van der Waals surface area (Å²) in [5.41, 5.74) is 4.77. The van der Waals surface area contributed by atoms with Crippen molar-refractivity contribution in [2.75, 3.05) is 11.1 Å². The summed E-state index contributed by atoms with van der Waals surface area (Å²) >= 11 is 0. The molecule has 20 heavy (non-hydrogen) atoms. The van der Waals surface area contributed by atoms with Crippen LogP contribution in [-0.2, 0) is 0 Å². The third-order valence-electron chi connectivity index (χ3n) is 2.50. The average Bonchev–Trinajstić information content (AvgIpc) is 2.39. The number of carbonyl (C=O) groups is 1. The predicted octanol–water partition coefficient (Wildman–Crippen LogP) is 3.08. The molecular weight excluding hydrogens is 276 g/mol. The van der Waals surface area contributed by atoms with Crippen LogP contribution in [0.3, 0.4) is 0 Å². The van der Waals surface area contributed by atoms with Crippen molar-refractivity contribution in [3.8, 4) is 0 Å². The number of benzene rings is 2. The van der Waals surface area contributed by atoms with Gasteiger partial charge in [-0.3, -0.25) is 4.79 Å². The molecule has 3 N–H and O–H groups in total. The molecule has 2 rings (SSSR count). The lowest BCUT2D eigenvalue weighted by molar-refractivity contribution is 0.102. The molecule has 0 saturated heterocycles. The minimum absolute atomic E-state index is 0.0480. The maximum Gasteiger partial charge on any atom is 0.255 e. The first-order valence-corrected chi connectivity index (χ1v) is 5.39. The van der Waals surface area contributed by atoms with Crippen LogP contribution in [0.25, 0.3) is 0 Å². The zero-order valence-corrected chi connectivity index (χ0v) is 9.88. The van der Waals surface area contributed by atoms with Crippen molar-refractivity contribution >= 4 is 17.3 Å². The van der Waals surface area contributed by atoms with E-state index >= 15 is 0 Å². The third-order valence-corrected chi connectivity index (χ3v) is 2.50. The number of anilines is 2. The molecule has 0 heterocycles. The van der Waals surface area contributed by atoms with E-state index in [-0.39, 0.29) is 11.4 Å². The number of nitrogens with one attached hydrogen (secondary N) is 1. The Morgan fingerprint density at radius 2 is 1.55 bits per heavy atom. The Hall–Kier alpha value is -2.57. The molecule has 0 radical (unpaired) electrons. The normalized spacial score (nSPS) is 10.4. The second-order valence-corrected chi connectivity index (χ2v) is 3.94. The van der Waals surface area contributed by atoms with Gasteiger partial charge in [-0.15, -0.1) is 0 Å². The summed E-state index contributed by atoms with van der Waals surface area (Å²) in [6, 6.07) is 4.57. The molecule has 3 nitrogen and oxygen atoms in total. The fraction of sp³-hybridized carbons (Fsp3) is 0. The van der Waals surface area contributed by atoms with Gasteiger partial charge in [-0.2, -0.15) is 0 Å². The highest BCUT2D eigenvalue weighted by atomic mass is 19.2. The lowest BCUT2D eigenvalue weighted by Crippen LogP contribution is -2.13. The molecule has 0 aromatic heterocycles. The van der Waals surface area contributed by atoms with Gasteiger partial charge in [-0.25, -0.2) is 17.6 Å². The van der Waals surface area contributed by atoms with Crippen molar-refractivity contribution in [3.05, 3.63) is 59.2 Å². The van der Waals surface area contributed by atoms with E-state index in [4.69, 9.17) is 5.73 Å². The first kappa shape index (κ1) is 13.9. The molecular formula is C13H8F4N2O. The lowest BCUT2D eigenvalue weighted by atomic mass is 10.2. The number of nitrogen functional groups attached to an aromatic ring is 1. The molecule has 7 heteroatoms. The topological polar surface area (TPSA) is 55.1 Å². The third kappa shape index (κ3) is 2.71. The molecule has 0 fully saturated rings. The largest absolute Gasteiger partial charge is 0.396 e. The van der Waals surface area contributed by atoms with E-state index in [9.17, 15) is 22.4 Å². The van der Waals surface area contributed by atoms with Gasteiger partial charge >= 0.3 is 0 Å². The van der Waals surface area contributed by atoms with Gasteiger partial charge in [0.05, 0.1) is 5.69 Å². The summed E-state index contributed by atoms with van der Waals surface area (Å²) < 4.78 is 51.9. The van der Waals surface area contributed by atoms with E-state index in [0.717, 1.165) is 6.07 Å². The van der Waals surface area contributed by atoms with Crippen LogP contribution in [0.15, 0.2) is 30.3 Å². The fourth-order valence-corrected chi connectivity index (χ4v) is 1.49. The van der Waals surface area contributed by atoms with Crippen molar-refractivity contribution in [1.29, 1.82) is 0 Å². The summed E-state index contributed by atoms with van der Waals surface area (Å²) in [4.78, 5) is 11.7. The highest BCUT2D eigenvalue weighted by molar-refractivity contribution is 6.04. The SMILES string of the molecule is Nc1ccc(NC(=O)c2cc(F)c(F)c(F)c2)cc1F. The van der Waals surface area contributed by atoms with E-state index < -0.39 is 34.7 Å². The first-order valence-electron chi connectivity index (χ1n) is 5.39. The molecule has 0 aliphatic heterocycles. The Labute approximate surface area is 111 Å². The second kappa shape index (κ2) is 5.20. The molecule has 1 amide bonds. The van der Waals surface area contributed by atoms with E-state index in [1.54, 1.807) is 0 Å². The molecule has 2 aromatic rings. The van der Waals surface area contributed by atoms with Crippen LogP contribution in [0.5, 0.6) is 0 Å². The van der Waals surface area contributed by atoms with Crippen LogP contribution in [0.1, 0.15) is 10.4 Å². The Morgan fingerprint density at radius 3 is 2.10 bits per heavy atom. The van der Waals surface area contributed by atoms with Crippen molar-refractivity contribution < 1.29 is 22.4 Å². The van der Waals surface area contributed by atoms with Gasteiger partial charge in [0, 0.05) is 11.3 Å². The quantitative estimate of drug-likeness (QED) is 0.506. The number of amides is 1. The number of hydrogen-bond acceptors (Lipinski definition) is 2. The number of rotatable bonds is 2. The predicted molar refractivity (Wildman–Crippen MR) is 65.1 cm³/mol. The molecule has 0 atom stereocenters. The summed E-state index contributed by atoms with van der Waals surface area (Å²) in [5.74, 6) is -6.30. The van der Waals surface area contributed by atoms with Gasteiger partial charge in [0.2, 0.25) is 0 Å². The van der Waals surface area contributed by atoms with Crippen molar-refractivity contribution in [3.63, 3.8) is 0 Å². The van der Waals surface area contributed by atoms with E-state index in [1.165, 1.54) is 12.1 Å². The number of halogens is 4. The van der Waals surface area contributed by atoms with Gasteiger partial charge in [0.15, 0.2) is 17.5 Å². The molecule has 104 valence electrons. The fourth-order valence-electron chi connectivity index (χ4n) is 1.49. The molecule has 0 aliphatic rings. The standard InChI is InChI=1S/C13H8F4N2O/c14-8-5-7(1-2-11(8)18)19-13(20)6-3-9(15)12(17)10(16)4-6/h1-5H,18H2,(H,19,20). The molecule has 0 saturated carbocycles. The molecule has 0 bridgehead atoms. The average molecular weight is 284 g/mol. The number of carbonyl (C=O) groups excluding carboxylic acids is 1. The molecule has 2 aromatic carbocycles. The zero-order chi connectivity index (χ0) is 14.9. The van der Waals surface area contributed by atoms with E-state index in [2.05, 4.69) is 5.32 Å². The van der Waals surface area contributed by atoms with Gasteiger partial charge in [-0.05, 0) is 30.3 Å². The zero-order valence-electron chi connectivity index (χ0n) is 9.88. The Balaban J connectivity index is 2.26. The molecule has 0 unspecified atom stereocenters. The summed E-state index contributed by atoms with van der Waals surface area (Å²) in [7, 11) is 0. The van der Waals surface area contributed by atoms with Gasteiger partial charge < -0.3 is 11.1 Å². The summed E-state index contributed by atoms with van der Waals surface area (Å²) in [6.45, 7) is 0. The summed E-state index contributed by atoms with van der Waals surface area (Å²) in [5, 5.41) is 2.21. The van der Waals surface area contributed by atoms with Crippen LogP contribution >= 0.6 is 0 Å². The highest BCUT2D eigenvalue weighted by Crippen LogP contribution is 2.18. The lowest BCUT2D eigenvalue weighted by Gasteiger charge is -2.07. The van der Waals surface area contributed by atoms with Crippen LogP contribution in [0.2, 0.25) is 0 Å².